The molecule has 140 valence electrons. The molecule has 0 amide bonds. The lowest BCUT2D eigenvalue weighted by atomic mass is 9.85. The summed E-state index contributed by atoms with van der Waals surface area (Å²) in [6.45, 7) is 10.9. The summed E-state index contributed by atoms with van der Waals surface area (Å²) >= 11 is 5.86. The highest BCUT2D eigenvalue weighted by Crippen LogP contribution is 2.44. The van der Waals surface area contributed by atoms with Gasteiger partial charge in [-0.1, -0.05) is 11.6 Å². The largest absolute Gasteiger partial charge is 0.487 e. The van der Waals surface area contributed by atoms with Crippen molar-refractivity contribution in [1.82, 2.24) is 0 Å². The van der Waals surface area contributed by atoms with Crippen LogP contribution in [-0.2, 0) is 11.2 Å². The van der Waals surface area contributed by atoms with Gasteiger partial charge in [-0.15, -0.1) is 11.6 Å². The van der Waals surface area contributed by atoms with E-state index in [2.05, 4.69) is 40.7 Å². The van der Waals surface area contributed by atoms with Crippen LogP contribution in [0.3, 0.4) is 0 Å². The average molecular weight is 367 g/mol. The van der Waals surface area contributed by atoms with Crippen LogP contribution >= 0.6 is 11.6 Å². The first-order chi connectivity index (χ1) is 11.8. The number of halogens is 1. The second-order valence-electron chi connectivity index (χ2n) is 7.34. The van der Waals surface area contributed by atoms with Gasteiger partial charge in [-0.3, -0.25) is 0 Å². The fourth-order valence-electron chi connectivity index (χ4n) is 3.47. The Kier molecular flexibility index (Phi) is 6.81. The van der Waals surface area contributed by atoms with Crippen molar-refractivity contribution < 1.29 is 14.2 Å². The molecule has 0 saturated carbocycles. The normalized spacial score (nSPS) is 20.2. The second kappa shape index (κ2) is 8.46. The van der Waals surface area contributed by atoms with Crippen LogP contribution in [0.25, 0.3) is 0 Å². The van der Waals surface area contributed by atoms with E-state index in [-0.39, 0.29) is 12.4 Å². The van der Waals surface area contributed by atoms with Gasteiger partial charge >= 0.3 is 0 Å². The Morgan fingerprint density at radius 2 is 1.96 bits per heavy atom. The first kappa shape index (κ1) is 20.1. The van der Waals surface area contributed by atoms with Crippen LogP contribution in [0.5, 0.6) is 11.5 Å². The molecule has 1 atom stereocenters. The van der Waals surface area contributed by atoms with Gasteiger partial charge in [-0.2, -0.15) is 0 Å². The molecule has 0 unspecified atom stereocenters. The molecule has 3 nitrogen and oxygen atoms in total. The SMILES string of the molecule is COCOc1c(C)c(C)c2c(c1C)CC[C@@](C)(CC/C=C(\C)CCl)O2. The van der Waals surface area contributed by atoms with Crippen molar-refractivity contribution in [1.29, 1.82) is 0 Å². The van der Waals surface area contributed by atoms with Crippen molar-refractivity contribution >= 4 is 11.6 Å². The van der Waals surface area contributed by atoms with Crippen molar-refractivity contribution in [2.45, 2.75) is 65.9 Å². The number of fused-ring (bicyclic) bond motifs is 1. The van der Waals surface area contributed by atoms with Gasteiger partial charge in [-0.05, 0) is 77.0 Å². The molecule has 0 bridgehead atoms. The zero-order chi connectivity index (χ0) is 18.6. The van der Waals surface area contributed by atoms with Crippen molar-refractivity contribution in [3.63, 3.8) is 0 Å². The predicted molar refractivity (Wildman–Crippen MR) is 104 cm³/mol. The van der Waals surface area contributed by atoms with Gasteiger partial charge in [0.1, 0.15) is 17.1 Å². The van der Waals surface area contributed by atoms with Gasteiger partial charge in [-0.25, -0.2) is 0 Å². The third-order valence-electron chi connectivity index (χ3n) is 5.26. The standard InChI is InChI=1S/C21H31ClO3/c1-14(12-22)8-7-10-21(5)11-9-18-17(4)19(24-13-23-6)15(2)16(3)20(18)25-21/h8H,7,9-13H2,1-6H3/b14-8+/t21-/m1/s1. The minimum absolute atomic E-state index is 0.130. The molecule has 4 heteroatoms. The zero-order valence-corrected chi connectivity index (χ0v) is 17.2. The number of hydrogen-bond acceptors (Lipinski definition) is 3. The van der Waals surface area contributed by atoms with Gasteiger partial charge in [0.15, 0.2) is 6.79 Å². The highest BCUT2D eigenvalue weighted by atomic mass is 35.5. The average Bonchev–Trinajstić information content (AvgIpc) is 2.59. The van der Waals surface area contributed by atoms with Crippen LogP contribution in [0, 0.1) is 20.8 Å². The van der Waals surface area contributed by atoms with Crippen LogP contribution in [0.4, 0.5) is 0 Å². The van der Waals surface area contributed by atoms with Gasteiger partial charge in [0.2, 0.25) is 0 Å². The first-order valence-electron chi connectivity index (χ1n) is 8.98. The van der Waals surface area contributed by atoms with Gasteiger partial charge in [0.25, 0.3) is 0 Å². The predicted octanol–water partition coefficient (Wildman–Crippen LogP) is 5.64. The van der Waals surface area contributed by atoms with Crippen LogP contribution in [0.15, 0.2) is 11.6 Å². The zero-order valence-electron chi connectivity index (χ0n) is 16.4. The van der Waals surface area contributed by atoms with Crippen LogP contribution in [0.2, 0.25) is 0 Å². The Morgan fingerprint density at radius 3 is 2.60 bits per heavy atom. The Balaban J connectivity index is 2.25. The molecule has 0 aromatic heterocycles. The molecule has 2 rings (SSSR count). The third-order valence-corrected chi connectivity index (χ3v) is 5.68. The Bertz CT molecular complexity index is 651. The van der Waals surface area contributed by atoms with E-state index in [0.717, 1.165) is 42.7 Å². The molecule has 1 aliphatic rings. The molecule has 0 radical (unpaired) electrons. The molecule has 0 N–H and O–H groups in total. The lowest BCUT2D eigenvalue weighted by molar-refractivity contribution is 0.0466. The molecule has 1 aromatic rings. The maximum absolute atomic E-state index is 6.54. The molecule has 25 heavy (non-hydrogen) atoms. The first-order valence-corrected chi connectivity index (χ1v) is 9.51. The molecule has 0 saturated heterocycles. The summed E-state index contributed by atoms with van der Waals surface area (Å²) in [4.78, 5) is 0. The summed E-state index contributed by atoms with van der Waals surface area (Å²) in [7, 11) is 1.64. The molecular formula is C21H31ClO3. The second-order valence-corrected chi connectivity index (χ2v) is 7.60. The highest BCUT2D eigenvalue weighted by molar-refractivity contribution is 6.19. The van der Waals surface area contributed by atoms with Crippen LogP contribution in [0.1, 0.15) is 55.4 Å². The number of allylic oxidation sites excluding steroid dienone is 2. The van der Waals surface area contributed by atoms with E-state index in [4.69, 9.17) is 25.8 Å². The number of benzene rings is 1. The Morgan fingerprint density at radius 1 is 1.24 bits per heavy atom. The van der Waals surface area contributed by atoms with Crippen LogP contribution < -0.4 is 9.47 Å². The van der Waals surface area contributed by atoms with Crippen molar-refractivity contribution in [2.75, 3.05) is 19.8 Å². The van der Waals surface area contributed by atoms with Gasteiger partial charge < -0.3 is 14.2 Å². The fraction of sp³-hybridized carbons (Fsp3) is 0.619. The van der Waals surface area contributed by atoms with E-state index in [1.54, 1.807) is 7.11 Å². The van der Waals surface area contributed by atoms with E-state index in [1.165, 1.54) is 22.3 Å². The quantitative estimate of drug-likeness (QED) is 0.355. The van der Waals surface area contributed by atoms with E-state index < -0.39 is 0 Å². The maximum atomic E-state index is 6.54. The van der Waals surface area contributed by atoms with Crippen molar-refractivity contribution in [2.24, 2.45) is 0 Å². The number of methoxy groups -OCH3 is 1. The number of hydrogen-bond donors (Lipinski definition) is 0. The molecule has 0 spiro atoms. The van der Waals surface area contributed by atoms with E-state index in [9.17, 15) is 0 Å². The Labute approximate surface area is 157 Å². The molecule has 1 aliphatic heterocycles. The van der Waals surface area contributed by atoms with Gasteiger partial charge in [0.05, 0.1) is 0 Å². The smallest absolute Gasteiger partial charge is 0.188 e. The highest BCUT2D eigenvalue weighted by Gasteiger charge is 2.34. The van der Waals surface area contributed by atoms with Crippen molar-refractivity contribution in [3.8, 4) is 11.5 Å². The third kappa shape index (κ3) is 4.51. The Hall–Kier alpha value is -1.19. The lowest BCUT2D eigenvalue weighted by Crippen LogP contribution is -2.37. The minimum atomic E-state index is -0.130. The summed E-state index contributed by atoms with van der Waals surface area (Å²) in [5.41, 5.74) is 5.85. The maximum Gasteiger partial charge on any atom is 0.188 e. The van der Waals surface area contributed by atoms with Gasteiger partial charge in [0, 0.05) is 18.6 Å². The fourth-order valence-corrected chi connectivity index (χ4v) is 3.58. The topological polar surface area (TPSA) is 27.7 Å². The molecule has 1 aromatic carbocycles. The number of ether oxygens (including phenoxy) is 3. The summed E-state index contributed by atoms with van der Waals surface area (Å²) < 4.78 is 17.4. The van der Waals surface area contributed by atoms with Crippen LogP contribution in [-0.4, -0.2) is 25.4 Å². The van der Waals surface area contributed by atoms with E-state index >= 15 is 0 Å². The summed E-state index contributed by atoms with van der Waals surface area (Å²) in [5.74, 6) is 2.58. The van der Waals surface area contributed by atoms with Crippen molar-refractivity contribution in [3.05, 3.63) is 33.9 Å². The number of rotatable bonds is 7. The monoisotopic (exact) mass is 366 g/mol. The molecule has 0 aliphatic carbocycles. The summed E-state index contributed by atoms with van der Waals surface area (Å²) in [5, 5.41) is 0. The van der Waals surface area contributed by atoms with E-state index in [1.807, 2.05) is 0 Å². The molecule has 1 heterocycles. The summed E-state index contributed by atoms with van der Waals surface area (Å²) in [6, 6.07) is 0. The summed E-state index contributed by atoms with van der Waals surface area (Å²) in [6.07, 6.45) is 6.25. The molecule has 0 fully saturated rings. The number of alkyl halides is 1. The lowest BCUT2D eigenvalue weighted by Gasteiger charge is -2.38. The molecular weight excluding hydrogens is 336 g/mol. The van der Waals surface area contributed by atoms with E-state index in [0.29, 0.717) is 5.88 Å². The minimum Gasteiger partial charge on any atom is -0.487 e.